The highest BCUT2D eigenvalue weighted by Crippen LogP contribution is 2.39. The molecule has 2 aromatic heterocycles. The van der Waals surface area contributed by atoms with Gasteiger partial charge in [0.2, 0.25) is 0 Å². The van der Waals surface area contributed by atoms with Gasteiger partial charge in [-0.25, -0.2) is 17.9 Å². The number of rotatable bonds is 5. The number of alkyl halides is 3. The number of ether oxygens (including phenoxy) is 1. The number of sulfone groups is 1. The molecule has 12 heteroatoms. The number of anilines is 1. The summed E-state index contributed by atoms with van der Waals surface area (Å²) in [5, 5.41) is 3.20. The molecule has 35 heavy (non-hydrogen) atoms. The van der Waals surface area contributed by atoms with Crippen LogP contribution in [0.5, 0.6) is 0 Å². The first kappa shape index (κ1) is 24.7. The second-order valence-corrected chi connectivity index (χ2v) is 10.5. The molecule has 1 saturated heterocycles. The molecule has 1 aromatic carbocycles. The summed E-state index contributed by atoms with van der Waals surface area (Å²) in [6.07, 6.45) is -3.49. The van der Waals surface area contributed by atoms with Gasteiger partial charge < -0.3 is 9.64 Å². The Kier molecular flexibility index (Phi) is 6.34. The Morgan fingerprint density at radius 1 is 1.11 bits per heavy atom. The van der Waals surface area contributed by atoms with Crippen LogP contribution in [0.3, 0.4) is 0 Å². The maximum absolute atomic E-state index is 13.6. The maximum Gasteiger partial charge on any atom is 0.417 e. The van der Waals surface area contributed by atoms with Crippen molar-refractivity contribution in [2.75, 3.05) is 18.6 Å². The third-order valence-corrected chi connectivity index (χ3v) is 8.09. The quantitative estimate of drug-likeness (QED) is 0.487. The number of benzene rings is 1. The summed E-state index contributed by atoms with van der Waals surface area (Å²) in [5.41, 5.74) is 0.725. The standard InChI is InChI=1S/C23H23F3N4O4S/c1-14-10-16(8-9-27-14)30-21(11-15(2)28-30)29-13-17(12-19(29)22(31)34-3)35(32,33)20-7-5-4-6-18(20)23(24,25)26/h4-11,17,19H,12-13H2,1-3H3/t17-,19+/m1/s1. The minimum Gasteiger partial charge on any atom is -0.467 e. The third-order valence-electron chi connectivity index (χ3n) is 5.91. The average Bonchev–Trinajstić information content (AvgIpc) is 3.42. The van der Waals surface area contributed by atoms with Crippen LogP contribution in [-0.2, 0) is 25.5 Å². The van der Waals surface area contributed by atoms with Crippen molar-refractivity contribution in [2.45, 2.75) is 42.6 Å². The first-order valence-electron chi connectivity index (χ1n) is 10.7. The van der Waals surface area contributed by atoms with E-state index in [2.05, 4.69) is 10.1 Å². The van der Waals surface area contributed by atoms with Crippen LogP contribution in [0.1, 0.15) is 23.4 Å². The number of carbonyl (C=O) groups excluding carboxylic acids is 1. The van der Waals surface area contributed by atoms with Gasteiger partial charge in [-0.3, -0.25) is 4.98 Å². The normalized spacial score (nSPS) is 18.6. The lowest BCUT2D eigenvalue weighted by molar-refractivity contribution is -0.142. The molecule has 1 fully saturated rings. The Morgan fingerprint density at radius 3 is 2.49 bits per heavy atom. The number of halogens is 3. The minimum atomic E-state index is -4.85. The zero-order chi connectivity index (χ0) is 25.5. The lowest BCUT2D eigenvalue weighted by Crippen LogP contribution is -2.38. The highest BCUT2D eigenvalue weighted by Gasteiger charge is 2.47. The molecule has 4 rings (SSSR count). The maximum atomic E-state index is 13.6. The van der Waals surface area contributed by atoms with E-state index < -0.39 is 43.7 Å². The number of esters is 1. The monoisotopic (exact) mass is 508 g/mol. The van der Waals surface area contributed by atoms with Crippen LogP contribution in [0.15, 0.2) is 53.6 Å². The summed E-state index contributed by atoms with van der Waals surface area (Å²) in [5.74, 6) is -0.270. The van der Waals surface area contributed by atoms with Crippen molar-refractivity contribution in [3.63, 3.8) is 0 Å². The Labute approximate surface area is 200 Å². The van der Waals surface area contributed by atoms with E-state index in [1.54, 1.807) is 42.9 Å². The van der Waals surface area contributed by atoms with Crippen molar-refractivity contribution in [3.8, 4) is 5.69 Å². The van der Waals surface area contributed by atoms with E-state index in [9.17, 15) is 26.4 Å². The molecule has 0 spiro atoms. The fourth-order valence-corrected chi connectivity index (χ4v) is 6.22. The van der Waals surface area contributed by atoms with Gasteiger partial charge in [-0.2, -0.15) is 18.3 Å². The Balaban J connectivity index is 1.79. The number of hydrogen-bond donors (Lipinski definition) is 0. The van der Waals surface area contributed by atoms with Crippen LogP contribution in [0.2, 0.25) is 0 Å². The Morgan fingerprint density at radius 2 is 1.83 bits per heavy atom. The second kappa shape index (κ2) is 8.99. The first-order valence-corrected chi connectivity index (χ1v) is 12.2. The predicted octanol–water partition coefficient (Wildman–Crippen LogP) is 3.50. The number of carbonyl (C=O) groups is 1. The lowest BCUT2D eigenvalue weighted by Gasteiger charge is -2.25. The number of methoxy groups -OCH3 is 1. The molecule has 1 aliphatic rings. The van der Waals surface area contributed by atoms with Crippen LogP contribution >= 0.6 is 0 Å². The molecule has 0 bridgehead atoms. The molecule has 2 atom stereocenters. The number of pyridine rings is 1. The summed E-state index contributed by atoms with van der Waals surface area (Å²) in [6.45, 7) is 3.32. The van der Waals surface area contributed by atoms with Gasteiger partial charge in [-0.1, -0.05) is 12.1 Å². The summed E-state index contributed by atoms with van der Waals surface area (Å²) in [6, 6.07) is 8.20. The van der Waals surface area contributed by atoms with Crippen molar-refractivity contribution in [1.82, 2.24) is 14.8 Å². The molecule has 0 amide bonds. The highest BCUT2D eigenvalue weighted by atomic mass is 32.2. The van der Waals surface area contributed by atoms with Gasteiger partial charge in [0.05, 0.1) is 34.2 Å². The van der Waals surface area contributed by atoms with Crippen molar-refractivity contribution in [1.29, 1.82) is 0 Å². The average molecular weight is 509 g/mol. The van der Waals surface area contributed by atoms with Crippen molar-refractivity contribution >= 4 is 21.6 Å². The zero-order valence-corrected chi connectivity index (χ0v) is 20.0. The molecule has 0 aliphatic carbocycles. The first-order chi connectivity index (χ1) is 16.4. The summed E-state index contributed by atoms with van der Waals surface area (Å²) >= 11 is 0. The molecule has 1 aliphatic heterocycles. The van der Waals surface area contributed by atoms with E-state index in [1.165, 1.54) is 18.1 Å². The summed E-state index contributed by atoms with van der Waals surface area (Å²) < 4.78 is 74.1. The van der Waals surface area contributed by atoms with E-state index in [0.29, 0.717) is 17.2 Å². The minimum absolute atomic E-state index is 0.219. The third kappa shape index (κ3) is 4.62. The fourth-order valence-electron chi connectivity index (χ4n) is 4.31. The van der Waals surface area contributed by atoms with Crippen LogP contribution in [0, 0.1) is 13.8 Å². The van der Waals surface area contributed by atoms with E-state index in [-0.39, 0.29) is 13.0 Å². The molecule has 0 radical (unpaired) electrons. The van der Waals surface area contributed by atoms with Gasteiger partial charge in [0.15, 0.2) is 9.84 Å². The SMILES string of the molecule is COC(=O)[C@@H]1C[C@@H](S(=O)(=O)c2ccccc2C(F)(F)F)CN1c1cc(C)nn1-c1ccnc(C)c1. The number of aryl methyl sites for hydroxylation is 2. The zero-order valence-electron chi connectivity index (χ0n) is 19.2. The van der Waals surface area contributed by atoms with E-state index >= 15 is 0 Å². The number of nitrogens with zero attached hydrogens (tertiary/aromatic N) is 4. The Hall–Kier alpha value is -3.41. The van der Waals surface area contributed by atoms with Crippen molar-refractivity contribution < 1.29 is 31.1 Å². The Bertz CT molecular complexity index is 1370. The van der Waals surface area contributed by atoms with Crippen molar-refractivity contribution in [2.24, 2.45) is 0 Å². The molecule has 186 valence electrons. The fraction of sp³-hybridized carbons (Fsp3) is 0.348. The molecular weight excluding hydrogens is 485 g/mol. The smallest absolute Gasteiger partial charge is 0.417 e. The number of hydrogen-bond acceptors (Lipinski definition) is 7. The van der Waals surface area contributed by atoms with Crippen LogP contribution < -0.4 is 4.90 Å². The lowest BCUT2D eigenvalue weighted by atomic mass is 10.2. The van der Waals surface area contributed by atoms with E-state index in [1.807, 2.05) is 0 Å². The molecule has 0 saturated carbocycles. The van der Waals surface area contributed by atoms with Gasteiger partial charge in [-0.05, 0) is 44.5 Å². The highest BCUT2D eigenvalue weighted by molar-refractivity contribution is 7.92. The summed E-state index contributed by atoms with van der Waals surface area (Å²) in [7, 11) is -3.28. The molecular formula is C23H23F3N4O4S. The molecule has 3 heterocycles. The van der Waals surface area contributed by atoms with Gasteiger partial charge >= 0.3 is 12.1 Å². The van der Waals surface area contributed by atoms with Gasteiger partial charge in [0.25, 0.3) is 0 Å². The molecule has 0 N–H and O–H groups in total. The van der Waals surface area contributed by atoms with Crippen LogP contribution in [0.4, 0.5) is 19.0 Å². The topological polar surface area (TPSA) is 94.4 Å². The van der Waals surface area contributed by atoms with E-state index in [4.69, 9.17) is 4.74 Å². The van der Waals surface area contributed by atoms with Crippen LogP contribution in [-0.4, -0.2) is 54.1 Å². The van der Waals surface area contributed by atoms with Crippen molar-refractivity contribution in [3.05, 3.63) is 65.6 Å². The van der Waals surface area contributed by atoms with Gasteiger partial charge in [-0.15, -0.1) is 0 Å². The largest absolute Gasteiger partial charge is 0.467 e. The number of aromatic nitrogens is 3. The summed E-state index contributed by atoms with van der Waals surface area (Å²) in [4.78, 5) is 17.5. The van der Waals surface area contributed by atoms with E-state index in [0.717, 1.165) is 23.9 Å². The van der Waals surface area contributed by atoms with Crippen LogP contribution in [0.25, 0.3) is 5.69 Å². The van der Waals surface area contributed by atoms with Gasteiger partial charge in [0, 0.05) is 24.5 Å². The molecule has 8 nitrogen and oxygen atoms in total. The second-order valence-electron chi connectivity index (χ2n) is 8.30. The predicted molar refractivity (Wildman–Crippen MR) is 121 cm³/mol. The van der Waals surface area contributed by atoms with Gasteiger partial charge in [0.1, 0.15) is 11.9 Å². The molecule has 3 aromatic rings. The molecule has 0 unspecified atom stereocenters.